The Balaban J connectivity index is 1.53. The topological polar surface area (TPSA) is 147 Å². The Morgan fingerprint density at radius 2 is 2.00 bits per heavy atom. The number of piperidine rings is 1. The molecule has 11 heteroatoms. The van der Waals surface area contributed by atoms with Crippen LogP contribution in [0.4, 0.5) is 5.82 Å². The molecule has 11 nitrogen and oxygen atoms in total. The van der Waals surface area contributed by atoms with Crippen LogP contribution in [0.2, 0.25) is 0 Å². The van der Waals surface area contributed by atoms with Gasteiger partial charge in [0.15, 0.2) is 11.6 Å². The Labute approximate surface area is 199 Å². The summed E-state index contributed by atoms with van der Waals surface area (Å²) in [7, 11) is 0. The van der Waals surface area contributed by atoms with Gasteiger partial charge in [0.1, 0.15) is 6.04 Å². The van der Waals surface area contributed by atoms with Crippen molar-refractivity contribution in [3.8, 4) is 0 Å². The molecule has 1 aromatic heterocycles. The minimum Gasteiger partial charge on any atom is -0.360 e. The summed E-state index contributed by atoms with van der Waals surface area (Å²) in [5.74, 6) is -0.426. The zero-order valence-electron chi connectivity index (χ0n) is 20.1. The summed E-state index contributed by atoms with van der Waals surface area (Å²) in [6.45, 7) is 7.44. The van der Waals surface area contributed by atoms with Crippen molar-refractivity contribution in [2.24, 2.45) is 0 Å². The molecule has 2 aliphatic heterocycles. The number of fused-ring (bicyclic) bond motifs is 1. The molecule has 2 aliphatic rings. The molecular weight excluding hydrogens is 436 g/mol. The van der Waals surface area contributed by atoms with Gasteiger partial charge in [-0.1, -0.05) is 13.3 Å². The van der Waals surface area contributed by atoms with Crippen LogP contribution in [-0.2, 0) is 9.59 Å². The van der Waals surface area contributed by atoms with Crippen molar-refractivity contribution in [3.05, 3.63) is 22.7 Å². The quantitative estimate of drug-likeness (QED) is 0.343. The van der Waals surface area contributed by atoms with E-state index in [1.807, 2.05) is 0 Å². The molecule has 2 fully saturated rings. The smallest absolute Gasteiger partial charge is 0.294 e. The zero-order valence-corrected chi connectivity index (χ0v) is 20.1. The van der Waals surface area contributed by atoms with E-state index in [1.165, 1.54) is 43.1 Å². The number of amides is 1. The maximum absolute atomic E-state index is 12.8. The molecule has 2 atom stereocenters. The van der Waals surface area contributed by atoms with E-state index in [0.717, 1.165) is 26.2 Å². The third kappa shape index (κ3) is 6.57. The Kier molecular flexibility index (Phi) is 9.05. The summed E-state index contributed by atoms with van der Waals surface area (Å²) in [5, 5.41) is 20.6. The van der Waals surface area contributed by atoms with E-state index < -0.39 is 17.5 Å². The summed E-state index contributed by atoms with van der Waals surface area (Å²) < 4.78 is 1.29. The molecule has 186 valence electrons. The minimum absolute atomic E-state index is 0.00576. The van der Waals surface area contributed by atoms with Gasteiger partial charge in [0, 0.05) is 38.1 Å². The summed E-state index contributed by atoms with van der Waals surface area (Å²) in [6, 6.07) is -0.249. The Morgan fingerprint density at radius 1 is 1.21 bits per heavy atom. The van der Waals surface area contributed by atoms with Gasteiger partial charge in [0.2, 0.25) is 5.91 Å². The number of nitrogens with zero attached hydrogens (tertiary/aromatic N) is 4. The van der Waals surface area contributed by atoms with Gasteiger partial charge in [-0.3, -0.25) is 28.8 Å². The Bertz CT molecular complexity index is 975. The van der Waals surface area contributed by atoms with Crippen LogP contribution in [0.15, 0.2) is 17.2 Å². The van der Waals surface area contributed by atoms with Crippen LogP contribution in [0.3, 0.4) is 0 Å². The third-order valence-corrected chi connectivity index (χ3v) is 6.56. The summed E-state index contributed by atoms with van der Waals surface area (Å²) in [4.78, 5) is 46.9. The number of nitrogens with one attached hydrogen (secondary N) is 4. The summed E-state index contributed by atoms with van der Waals surface area (Å²) in [5.41, 5.74) is -0.346. The van der Waals surface area contributed by atoms with E-state index in [2.05, 4.69) is 25.4 Å². The van der Waals surface area contributed by atoms with Gasteiger partial charge in [-0.2, -0.15) is 0 Å². The highest BCUT2D eigenvalue weighted by Gasteiger charge is 2.29. The van der Waals surface area contributed by atoms with Gasteiger partial charge < -0.3 is 21.5 Å². The molecule has 0 spiro atoms. The number of ketones is 1. The number of anilines is 1. The molecule has 4 N–H and O–H groups in total. The number of carbonyl (C=O) groups is 2. The first-order valence-electron chi connectivity index (χ1n) is 12.0. The van der Waals surface area contributed by atoms with Gasteiger partial charge in [-0.05, 0) is 32.7 Å². The lowest BCUT2D eigenvalue weighted by Gasteiger charge is -2.43. The second kappa shape index (κ2) is 12.0. The number of carbonyl (C=O) groups excluding carboxylic acids is 2. The molecule has 34 heavy (non-hydrogen) atoms. The molecule has 0 saturated carbocycles. The maximum atomic E-state index is 12.8. The number of hydrogen-bond donors (Lipinski definition) is 4. The highest BCUT2D eigenvalue weighted by molar-refractivity contribution is 6.40. The van der Waals surface area contributed by atoms with E-state index in [0.29, 0.717) is 19.0 Å². The normalized spacial score (nSPS) is 19.6. The standard InChI is InChI=1S/C23H36N8O3/c1-3-20(31-9-7-26-21(23(31)34)27-13-19(25)16(2)24)22(33)28-12-18(32)15-29-10-11-30-8-5-4-6-17(30)14-29/h7,9,17,20,24-25H,3-6,8,10-15H2,1-2H3,(H,26,27)(H,28,33). The number of piperazine rings is 1. The fraction of sp³-hybridized carbons (Fsp3) is 0.652. The monoisotopic (exact) mass is 472 g/mol. The SMILES string of the molecule is CCC(C(=O)NCC(=O)CN1CCN2CCCCC2C1)n1ccnc(NCC(=N)C(C)=N)c1=O. The predicted octanol–water partition coefficient (Wildman–Crippen LogP) is 0.521. The lowest BCUT2D eigenvalue weighted by molar-refractivity contribution is -0.128. The van der Waals surface area contributed by atoms with E-state index in [4.69, 9.17) is 10.8 Å². The molecule has 0 aliphatic carbocycles. The van der Waals surface area contributed by atoms with Crippen molar-refractivity contribution >= 4 is 28.9 Å². The summed E-state index contributed by atoms with van der Waals surface area (Å²) >= 11 is 0. The van der Waals surface area contributed by atoms with Crippen molar-refractivity contribution in [1.82, 2.24) is 24.7 Å². The number of Topliss-reactive ketones (excluding diaryl/α,β-unsaturated/α-hetero) is 1. The van der Waals surface area contributed by atoms with Gasteiger partial charge in [-0.25, -0.2) is 4.98 Å². The largest absolute Gasteiger partial charge is 0.360 e. The first kappa shape index (κ1) is 25.7. The van der Waals surface area contributed by atoms with Crippen LogP contribution < -0.4 is 16.2 Å². The fourth-order valence-electron chi connectivity index (χ4n) is 4.58. The van der Waals surface area contributed by atoms with Gasteiger partial charge >= 0.3 is 0 Å². The van der Waals surface area contributed by atoms with E-state index in [9.17, 15) is 14.4 Å². The highest BCUT2D eigenvalue weighted by atomic mass is 16.2. The first-order valence-corrected chi connectivity index (χ1v) is 12.0. The van der Waals surface area contributed by atoms with Gasteiger partial charge in [0.05, 0.1) is 31.1 Å². The molecule has 0 bridgehead atoms. The van der Waals surface area contributed by atoms with Crippen LogP contribution in [-0.4, -0.2) is 94.3 Å². The third-order valence-electron chi connectivity index (χ3n) is 6.56. The van der Waals surface area contributed by atoms with Crippen molar-refractivity contribution in [1.29, 1.82) is 10.8 Å². The zero-order chi connectivity index (χ0) is 24.7. The van der Waals surface area contributed by atoms with E-state index >= 15 is 0 Å². The second-order valence-electron chi connectivity index (χ2n) is 9.05. The molecule has 2 saturated heterocycles. The highest BCUT2D eigenvalue weighted by Crippen LogP contribution is 2.20. The van der Waals surface area contributed by atoms with Crippen LogP contribution >= 0.6 is 0 Å². The van der Waals surface area contributed by atoms with Crippen LogP contribution in [0, 0.1) is 10.8 Å². The predicted molar refractivity (Wildman–Crippen MR) is 131 cm³/mol. The molecule has 2 unspecified atom stereocenters. The number of aromatic nitrogens is 2. The van der Waals surface area contributed by atoms with Gasteiger partial charge in [-0.15, -0.1) is 0 Å². The molecule has 0 aromatic carbocycles. The van der Waals surface area contributed by atoms with Crippen LogP contribution in [0.1, 0.15) is 45.6 Å². The van der Waals surface area contributed by atoms with E-state index in [1.54, 1.807) is 6.92 Å². The van der Waals surface area contributed by atoms with Crippen molar-refractivity contribution in [2.45, 2.75) is 51.6 Å². The average molecular weight is 473 g/mol. The Morgan fingerprint density at radius 3 is 2.74 bits per heavy atom. The molecule has 1 aromatic rings. The molecular formula is C23H36N8O3. The maximum Gasteiger partial charge on any atom is 0.294 e. The van der Waals surface area contributed by atoms with Crippen molar-refractivity contribution < 1.29 is 9.59 Å². The molecule has 0 radical (unpaired) electrons. The lowest BCUT2D eigenvalue weighted by Crippen LogP contribution is -2.56. The first-order chi connectivity index (χ1) is 16.3. The Hall–Kier alpha value is -2.92. The molecule has 1 amide bonds. The molecule has 3 rings (SSSR count). The lowest BCUT2D eigenvalue weighted by atomic mass is 9.99. The molecule has 3 heterocycles. The minimum atomic E-state index is -0.779. The number of rotatable bonds is 11. The van der Waals surface area contributed by atoms with Crippen molar-refractivity contribution in [3.63, 3.8) is 0 Å². The van der Waals surface area contributed by atoms with Crippen LogP contribution in [0.25, 0.3) is 0 Å². The summed E-state index contributed by atoms with van der Waals surface area (Å²) in [6.07, 6.45) is 6.90. The van der Waals surface area contributed by atoms with Crippen molar-refractivity contribution in [2.75, 3.05) is 51.1 Å². The van der Waals surface area contributed by atoms with Gasteiger partial charge in [0.25, 0.3) is 5.56 Å². The van der Waals surface area contributed by atoms with E-state index in [-0.39, 0.29) is 36.1 Å². The van der Waals surface area contributed by atoms with Crippen LogP contribution in [0.5, 0.6) is 0 Å². The number of hydrogen-bond acceptors (Lipinski definition) is 9. The fourth-order valence-corrected chi connectivity index (χ4v) is 4.58. The second-order valence-corrected chi connectivity index (χ2v) is 9.05. The average Bonchev–Trinajstić information content (AvgIpc) is 2.83.